The van der Waals surface area contributed by atoms with Gasteiger partial charge in [0, 0.05) is 36.0 Å². The molecular weight excluding hydrogens is 258 g/mol. The smallest absolute Gasteiger partial charge is 0.120 e. The Morgan fingerprint density at radius 1 is 1.29 bits per heavy atom. The number of nitrogens with one attached hydrogen (secondary N) is 1. The molecule has 0 atom stereocenters. The third-order valence-electron chi connectivity index (χ3n) is 2.23. The molecule has 0 aromatic heterocycles. The van der Waals surface area contributed by atoms with Gasteiger partial charge in [-0.1, -0.05) is 11.6 Å². The van der Waals surface area contributed by atoms with E-state index in [4.69, 9.17) is 16.7 Å². The minimum Gasteiger partial charge on any atom is -0.508 e. The lowest BCUT2D eigenvalue weighted by molar-refractivity contribution is 0.296. The lowest BCUT2D eigenvalue weighted by Gasteiger charge is -2.07. The average molecular weight is 276 g/mol. The standard InChI is InChI=1S/C12H18ClNO2S/c13-11-2-3-12(16)10(8-11)9-14-4-7-17-6-1-5-15/h2-3,8,14-16H,1,4-7,9H2. The normalized spacial score (nSPS) is 10.7. The second kappa shape index (κ2) is 8.64. The zero-order valence-corrected chi connectivity index (χ0v) is 11.2. The first-order valence-electron chi connectivity index (χ1n) is 5.60. The number of phenolic OH excluding ortho intramolecular Hbond substituents is 1. The summed E-state index contributed by atoms with van der Waals surface area (Å²) in [6.45, 7) is 1.76. The molecule has 96 valence electrons. The van der Waals surface area contributed by atoms with Crippen LogP contribution < -0.4 is 5.32 Å². The van der Waals surface area contributed by atoms with E-state index >= 15 is 0 Å². The second-order valence-corrected chi connectivity index (χ2v) is 5.30. The fourth-order valence-corrected chi connectivity index (χ4v) is 2.35. The van der Waals surface area contributed by atoms with Crippen molar-refractivity contribution in [1.29, 1.82) is 0 Å². The molecule has 0 bridgehead atoms. The molecule has 0 unspecified atom stereocenters. The van der Waals surface area contributed by atoms with Gasteiger partial charge >= 0.3 is 0 Å². The molecule has 3 nitrogen and oxygen atoms in total. The van der Waals surface area contributed by atoms with Crippen LogP contribution in [0.2, 0.25) is 5.02 Å². The van der Waals surface area contributed by atoms with Crippen LogP contribution in [0.3, 0.4) is 0 Å². The summed E-state index contributed by atoms with van der Waals surface area (Å²) in [7, 11) is 0. The molecule has 5 heteroatoms. The van der Waals surface area contributed by atoms with Crippen LogP contribution in [0.4, 0.5) is 0 Å². The predicted molar refractivity (Wildman–Crippen MR) is 73.9 cm³/mol. The zero-order chi connectivity index (χ0) is 12.5. The van der Waals surface area contributed by atoms with Crippen LogP contribution in [0.15, 0.2) is 18.2 Å². The summed E-state index contributed by atoms with van der Waals surface area (Å²) in [4.78, 5) is 0. The van der Waals surface area contributed by atoms with Crippen molar-refractivity contribution in [1.82, 2.24) is 5.32 Å². The Morgan fingerprint density at radius 2 is 2.12 bits per heavy atom. The van der Waals surface area contributed by atoms with E-state index in [9.17, 15) is 5.11 Å². The van der Waals surface area contributed by atoms with E-state index in [1.54, 1.807) is 18.2 Å². The summed E-state index contributed by atoms with van der Waals surface area (Å²) >= 11 is 7.66. The molecule has 0 saturated heterocycles. The largest absolute Gasteiger partial charge is 0.508 e. The van der Waals surface area contributed by atoms with E-state index < -0.39 is 0 Å². The van der Waals surface area contributed by atoms with Gasteiger partial charge in [-0.2, -0.15) is 11.8 Å². The molecule has 0 heterocycles. The van der Waals surface area contributed by atoms with Crippen molar-refractivity contribution >= 4 is 23.4 Å². The molecule has 1 aromatic carbocycles. The van der Waals surface area contributed by atoms with Crippen molar-refractivity contribution in [2.24, 2.45) is 0 Å². The van der Waals surface area contributed by atoms with Gasteiger partial charge in [0.1, 0.15) is 5.75 Å². The van der Waals surface area contributed by atoms with Gasteiger partial charge in [-0.05, 0) is 30.4 Å². The average Bonchev–Trinajstić information content (AvgIpc) is 2.32. The lowest BCUT2D eigenvalue weighted by Crippen LogP contribution is -2.16. The van der Waals surface area contributed by atoms with Crippen molar-refractivity contribution < 1.29 is 10.2 Å². The number of aliphatic hydroxyl groups excluding tert-OH is 1. The molecule has 1 aromatic rings. The maximum atomic E-state index is 9.58. The van der Waals surface area contributed by atoms with Gasteiger partial charge < -0.3 is 15.5 Å². The number of benzene rings is 1. The monoisotopic (exact) mass is 275 g/mol. The molecule has 0 aliphatic heterocycles. The molecule has 0 aliphatic rings. The highest BCUT2D eigenvalue weighted by atomic mass is 35.5. The van der Waals surface area contributed by atoms with Crippen molar-refractivity contribution in [2.45, 2.75) is 13.0 Å². The fraction of sp³-hybridized carbons (Fsp3) is 0.500. The van der Waals surface area contributed by atoms with E-state index in [0.717, 1.165) is 30.0 Å². The van der Waals surface area contributed by atoms with E-state index in [2.05, 4.69) is 5.32 Å². The van der Waals surface area contributed by atoms with Crippen molar-refractivity contribution in [3.63, 3.8) is 0 Å². The number of thioether (sulfide) groups is 1. The van der Waals surface area contributed by atoms with Crippen molar-refractivity contribution in [3.8, 4) is 5.75 Å². The number of aromatic hydroxyl groups is 1. The molecule has 0 radical (unpaired) electrons. The van der Waals surface area contributed by atoms with Crippen LogP contribution in [0.25, 0.3) is 0 Å². The Morgan fingerprint density at radius 3 is 2.88 bits per heavy atom. The highest BCUT2D eigenvalue weighted by molar-refractivity contribution is 7.99. The van der Waals surface area contributed by atoms with Gasteiger partial charge in [-0.3, -0.25) is 0 Å². The summed E-state index contributed by atoms with van der Waals surface area (Å²) in [5.41, 5.74) is 0.817. The van der Waals surface area contributed by atoms with Gasteiger partial charge in [0.05, 0.1) is 0 Å². The molecule has 0 fully saturated rings. The highest BCUT2D eigenvalue weighted by Crippen LogP contribution is 2.20. The van der Waals surface area contributed by atoms with Crippen LogP contribution in [0.1, 0.15) is 12.0 Å². The number of aliphatic hydroxyl groups is 1. The van der Waals surface area contributed by atoms with Crippen molar-refractivity contribution in [2.75, 3.05) is 24.7 Å². The topological polar surface area (TPSA) is 52.5 Å². The first-order valence-corrected chi connectivity index (χ1v) is 7.14. The van der Waals surface area contributed by atoms with Gasteiger partial charge in [-0.15, -0.1) is 0 Å². The molecule has 1 rings (SSSR count). The molecule has 17 heavy (non-hydrogen) atoms. The predicted octanol–water partition coefficient (Wildman–Crippen LogP) is 2.25. The Balaban J connectivity index is 2.15. The number of hydrogen-bond donors (Lipinski definition) is 3. The molecule has 0 saturated carbocycles. The first-order chi connectivity index (χ1) is 8.24. The zero-order valence-electron chi connectivity index (χ0n) is 9.66. The Hall–Kier alpha value is -0.420. The van der Waals surface area contributed by atoms with Crippen LogP contribution in [0, 0.1) is 0 Å². The van der Waals surface area contributed by atoms with E-state index in [1.165, 1.54) is 0 Å². The summed E-state index contributed by atoms with van der Waals surface area (Å²) in [6.07, 6.45) is 0.847. The Labute approximate surface area is 111 Å². The Kier molecular flexibility index (Phi) is 7.44. The summed E-state index contributed by atoms with van der Waals surface area (Å²) in [6, 6.07) is 5.04. The molecular formula is C12H18ClNO2S. The summed E-state index contributed by atoms with van der Waals surface area (Å²) in [5.74, 6) is 2.26. The van der Waals surface area contributed by atoms with Crippen LogP contribution in [0.5, 0.6) is 5.75 Å². The van der Waals surface area contributed by atoms with Crippen LogP contribution in [-0.2, 0) is 6.54 Å². The van der Waals surface area contributed by atoms with Gasteiger partial charge in [0.25, 0.3) is 0 Å². The van der Waals surface area contributed by atoms with Crippen molar-refractivity contribution in [3.05, 3.63) is 28.8 Å². The third kappa shape index (κ3) is 6.17. The minimum atomic E-state index is 0.261. The quantitative estimate of drug-likeness (QED) is 0.637. The first kappa shape index (κ1) is 14.6. The minimum absolute atomic E-state index is 0.261. The number of hydrogen-bond acceptors (Lipinski definition) is 4. The molecule has 0 aliphatic carbocycles. The lowest BCUT2D eigenvalue weighted by atomic mass is 10.2. The maximum Gasteiger partial charge on any atom is 0.120 e. The molecule has 0 spiro atoms. The SMILES string of the molecule is OCCCSCCNCc1cc(Cl)ccc1O. The van der Waals surface area contributed by atoms with Gasteiger partial charge in [0.15, 0.2) is 0 Å². The van der Waals surface area contributed by atoms with Gasteiger partial charge in [0.2, 0.25) is 0 Å². The molecule has 0 amide bonds. The summed E-state index contributed by atoms with van der Waals surface area (Å²) in [5, 5.41) is 22.1. The van der Waals surface area contributed by atoms with Crippen LogP contribution >= 0.6 is 23.4 Å². The van der Waals surface area contributed by atoms with E-state index in [0.29, 0.717) is 11.6 Å². The Bertz CT molecular complexity index is 336. The maximum absolute atomic E-state index is 9.58. The van der Waals surface area contributed by atoms with Crippen LogP contribution in [-0.4, -0.2) is 34.9 Å². The molecule has 3 N–H and O–H groups in total. The highest BCUT2D eigenvalue weighted by Gasteiger charge is 2.01. The number of phenols is 1. The van der Waals surface area contributed by atoms with E-state index in [1.807, 2.05) is 11.8 Å². The van der Waals surface area contributed by atoms with Gasteiger partial charge in [-0.25, -0.2) is 0 Å². The fourth-order valence-electron chi connectivity index (χ4n) is 1.33. The summed E-state index contributed by atoms with van der Waals surface area (Å²) < 4.78 is 0. The number of rotatable bonds is 8. The third-order valence-corrected chi connectivity index (χ3v) is 3.53. The number of halogens is 1. The van der Waals surface area contributed by atoms with E-state index in [-0.39, 0.29) is 12.4 Å². The second-order valence-electron chi connectivity index (χ2n) is 3.64.